The molecule has 1 fully saturated rings. The summed E-state index contributed by atoms with van der Waals surface area (Å²) in [7, 11) is 0. The van der Waals surface area contributed by atoms with Crippen molar-refractivity contribution in [2.24, 2.45) is 0 Å². The highest BCUT2D eigenvalue weighted by molar-refractivity contribution is 5.90. The van der Waals surface area contributed by atoms with E-state index >= 15 is 0 Å². The lowest BCUT2D eigenvalue weighted by Gasteiger charge is -2.35. The first-order valence-electron chi connectivity index (χ1n) is 8.44. The molecule has 0 spiro atoms. The second kappa shape index (κ2) is 7.69. The Morgan fingerprint density at radius 1 is 1.44 bits per heavy atom. The summed E-state index contributed by atoms with van der Waals surface area (Å²) in [5.41, 5.74) is -0.540. The Labute approximate surface area is 147 Å². The van der Waals surface area contributed by atoms with E-state index in [1.54, 1.807) is 6.20 Å². The molecule has 1 aliphatic heterocycles. The van der Waals surface area contributed by atoms with Gasteiger partial charge in [0.1, 0.15) is 5.82 Å². The lowest BCUT2D eigenvalue weighted by molar-refractivity contribution is -0.155. The maximum atomic E-state index is 11.9. The highest BCUT2D eigenvalue weighted by atomic mass is 16.4. The molecule has 0 saturated carbocycles. The molecule has 25 heavy (non-hydrogen) atoms. The van der Waals surface area contributed by atoms with E-state index in [0.717, 1.165) is 37.7 Å². The van der Waals surface area contributed by atoms with Crippen LogP contribution < -0.4 is 15.5 Å². The van der Waals surface area contributed by atoms with Crippen LogP contribution in [-0.4, -0.2) is 51.9 Å². The molecular weight excluding hydrogens is 324 g/mol. The molecule has 0 radical (unpaired) electrons. The smallest absolute Gasteiger partial charge is 0.337 e. The van der Waals surface area contributed by atoms with E-state index < -0.39 is 24.1 Å². The lowest BCUT2D eigenvalue weighted by Crippen LogP contribution is -2.47. The molecule has 138 valence electrons. The van der Waals surface area contributed by atoms with Crippen molar-refractivity contribution in [3.8, 4) is 0 Å². The second-order valence-corrected chi connectivity index (χ2v) is 6.79. The van der Waals surface area contributed by atoms with Crippen molar-refractivity contribution in [2.45, 2.75) is 51.7 Å². The van der Waals surface area contributed by atoms with Crippen molar-refractivity contribution in [1.82, 2.24) is 10.3 Å². The van der Waals surface area contributed by atoms with Gasteiger partial charge in [-0.25, -0.2) is 14.6 Å². The Bertz CT molecular complexity index is 648. The Balaban J connectivity index is 1.98. The molecule has 0 aromatic carbocycles. The normalized spacial score (nSPS) is 19.8. The fraction of sp³-hybridized carbons (Fsp3) is 0.588. The number of hydrogen-bond donors (Lipinski definition) is 4. The Hall–Kier alpha value is -2.35. The molecule has 4 N–H and O–H groups in total. The van der Waals surface area contributed by atoms with Crippen LogP contribution in [-0.2, 0) is 4.79 Å². The van der Waals surface area contributed by atoms with Gasteiger partial charge in [0.05, 0.1) is 18.4 Å². The third kappa shape index (κ3) is 4.82. The van der Waals surface area contributed by atoms with Crippen molar-refractivity contribution in [2.75, 3.05) is 23.3 Å². The number of aliphatic hydroxyl groups is 1. The molecular formula is C17H26N4O4. The Kier molecular flexibility index (Phi) is 5.84. The predicted molar refractivity (Wildman–Crippen MR) is 94.9 cm³/mol. The molecule has 2 rings (SSSR count). The summed E-state index contributed by atoms with van der Waals surface area (Å²) in [6.45, 7) is 5.84. The first-order chi connectivity index (χ1) is 11.7. The first kappa shape index (κ1) is 19.0. The molecule has 0 aliphatic carbocycles. The zero-order valence-corrected chi connectivity index (χ0v) is 14.9. The monoisotopic (exact) mass is 350 g/mol. The van der Waals surface area contributed by atoms with Gasteiger partial charge in [0.25, 0.3) is 0 Å². The van der Waals surface area contributed by atoms with Gasteiger partial charge in [-0.3, -0.25) is 0 Å². The number of carbonyl (C=O) groups is 2. The number of nitrogens with zero attached hydrogens (tertiary/aromatic N) is 2. The maximum absolute atomic E-state index is 11.9. The Morgan fingerprint density at radius 3 is 2.76 bits per heavy atom. The number of nitrogens with one attached hydrogen (secondary N) is 2. The number of aliphatic carboxylic acids is 1. The van der Waals surface area contributed by atoms with Gasteiger partial charge >= 0.3 is 12.0 Å². The second-order valence-electron chi connectivity index (χ2n) is 6.79. The van der Waals surface area contributed by atoms with Gasteiger partial charge in [0.15, 0.2) is 5.60 Å². The highest BCUT2D eigenvalue weighted by Crippen LogP contribution is 2.27. The van der Waals surface area contributed by atoms with Gasteiger partial charge in [-0.2, -0.15) is 0 Å². The minimum Gasteiger partial charge on any atom is -0.479 e. The molecule has 2 atom stereocenters. The van der Waals surface area contributed by atoms with Gasteiger partial charge < -0.3 is 25.7 Å². The van der Waals surface area contributed by atoms with Crippen LogP contribution in [0.4, 0.5) is 16.3 Å². The number of urea groups is 1. The standard InChI is InChI=1S/C17H26N4O4/c1-11-8-13(20-16(24)19-10-17(3,25)15(22)23)9-18-14(11)21-7-5-4-6-12(21)2/h8-9,12,25H,4-7,10H2,1-3H3,(H,22,23)(H2,19,20,24). The SMILES string of the molecule is Cc1cc(NC(=O)NCC(C)(O)C(=O)O)cnc1N1CCCCC1C. The number of carboxylic acid groups (broad SMARTS) is 1. The van der Waals surface area contributed by atoms with E-state index in [1.807, 2.05) is 13.0 Å². The summed E-state index contributed by atoms with van der Waals surface area (Å²) in [5, 5.41) is 23.4. The molecule has 2 unspecified atom stereocenters. The predicted octanol–water partition coefficient (Wildman–Crippen LogP) is 1.73. The van der Waals surface area contributed by atoms with Gasteiger partial charge in [-0.05, 0) is 51.7 Å². The number of hydrogen-bond acceptors (Lipinski definition) is 5. The average molecular weight is 350 g/mol. The lowest BCUT2D eigenvalue weighted by atomic mass is 10.0. The molecule has 2 heterocycles. The zero-order chi connectivity index (χ0) is 18.6. The topological polar surface area (TPSA) is 115 Å². The third-order valence-electron chi connectivity index (χ3n) is 4.44. The number of aromatic nitrogens is 1. The summed E-state index contributed by atoms with van der Waals surface area (Å²) in [4.78, 5) is 29.4. The summed E-state index contributed by atoms with van der Waals surface area (Å²) < 4.78 is 0. The van der Waals surface area contributed by atoms with Gasteiger partial charge in [-0.15, -0.1) is 0 Å². The largest absolute Gasteiger partial charge is 0.479 e. The van der Waals surface area contributed by atoms with Gasteiger partial charge in [0.2, 0.25) is 0 Å². The van der Waals surface area contributed by atoms with Crippen LogP contribution in [0.2, 0.25) is 0 Å². The molecule has 2 amide bonds. The fourth-order valence-electron chi connectivity index (χ4n) is 2.85. The molecule has 8 nitrogen and oxygen atoms in total. The van der Waals surface area contributed by atoms with Crippen LogP contribution >= 0.6 is 0 Å². The fourth-order valence-corrected chi connectivity index (χ4v) is 2.85. The number of piperidine rings is 1. The quantitative estimate of drug-likeness (QED) is 0.643. The van der Waals surface area contributed by atoms with E-state index in [0.29, 0.717) is 11.7 Å². The number of amides is 2. The minimum atomic E-state index is -2.01. The number of pyridine rings is 1. The van der Waals surface area contributed by atoms with Crippen LogP contribution in [0.3, 0.4) is 0 Å². The van der Waals surface area contributed by atoms with Crippen molar-refractivity contribution >= 4 is 23.5 Å². The van der Waals surface area contributed by atoms with Crippen LogP contribution in [0.15, 0.2) is 12.3 Å². The number of aryl methyl sites for hydroxylation is 1. The molecule has 0 bridgehead atoms. The van der Waals surface area contributed by atoms with E-state index in [1.165, 1.54) is 6.42 Å². The van der Waals surface area contributed by atoms with Crippen molar-refractivity contribution < 1.29 is 19.8 Å². The molecule has 1 aromatic heterocycles. The highest BCUT2D eigenvalue weighted by Gasteiger charge is 2.30. The van der Waals surface area contributed by atoms with E-state index in [2.05, 4.69) is 27.4 Å². The van der Waals surface area contributed by atoms with Crippen LogP contribution in [0.25, 0.3) is 0 Å². The van der Waals surface area contributed by atoms with E-state index in [9.17, 15) is 14.7 Å². The van der Waals surface area contributed by atoms with Crippen molar-refractivity contribution in [1.29, 1.82) is 0 Å². The summed E-state index contributed by atoms with van der Waals surface area (Å²) >= 11 is 0. The zero-order valence-electron chi connectivity index (χ0n) is 14.9. The molecule has 1 saturated heterocycles. The van der Waals surface area contributed by atoms with E-state index in [-0.39, 0.29) is 0 Å². The Morgan fingerprint density at radius 2 is 2.16 bits per heavy atom. The third-order valence-corrected chi connectivity index (χ3v) is 4.44. The van der Waals surface area contributed by atoms with Crippen molar-refractivity contribution in [3.63, 3.8) is 0 Å². The average Bonchev–Trinajstić information content (AvgIpc) is 2.54. The molecule has 1 aromatic rings. The minimum absolute atomic E-state index is 0.399. The first-order valence-corrected chi connectivity index (χ1v) is 8.44. The van der Waals surface area contributed by atoms with Crippen LogP contribution in [0.1, 0.15) is 38.7 Å². The maximum Gasteiger partial charge on any atom is 0.337 e. The van der Waals surface area contributed by atoms with Crippen molar-refractivity contribution in [3.05, 3.63) is 17.8 Å². The number of carbonyl (C=O) groups excluding carboxylic acids is 1. The van der Waals surface area contributed by atoms with Crippen LogP contribution in [0.5, 0.6) is 0 Å². The van der Waals surface area contributed by atoms with E-state index in [4.69, 9.17) is 5.11 Å². The van der Waals surface area contributed by atoms with Gasteiger partial charge in [0, 0.05) is 12.6 Å². The van der Waals surface area contributed by atoms with Crippen LogP contribution in [0, 0.1) is 6.92 Å². The summed E-state index contributed by atoms with van der Waals surface area (Å²) in [6, 6.07) is 1.68. The summed E-state index contributed by atoms with van der Waals surface area (Å²) in [6.07, 6.45) is 5.11. The number of carboxylic acids is 1. The molecule has 8 heteroatoms. The number of rotatable bonds is 5. The molecule has 1 aliphatic rings. The summed E-state index contributed by atoms with van der Waals surface area (Å²) in [5.74, 6) is -0.475. The number of anilines is 2. The van der Waals surface area contributed by atoms with Gasteiger partial charge in [-0.1, -0.05) is 0 Å².